The number of carbonyl (C=O) groups is 1. The van der Waals surface area contributed by atoms with E-state index in [9.17, 15) is 13.6 Å². The summed E-state index contributed by atoms with van der Waals surface area (Å²) in [4.78, 5) is 14.6. The second kappa shape index (κ2) is 3.27. The van der Waals surface area contributed by atoms with Crippen molar-refractivity contribution >= 4 is 16.8 Å². The van der Waals surface area contributed by atoms with Crippen LogP contribution in [0.3, 0.4) is 0 Å². The molecule has 0 saturated heterocycles. The molecule has 1 aromatic heterocycles. The summed E-state index contributed by atoms with van der Waals surface area (Å²) < 4.78 is 25.7. The first kappa shape index (κ1) is 9.51. The van der Waals surface area contributed by atoms with Gasteiger partial charge in [-0.15, -0.1) is 0 Å². The van der Waals surface area contributed by atoms with Crippen molar-refractivity contribution in [2.24, 2.45) is 5.73 Å². The predicted octanol–water partition coefficient (Wildman–Crippen LogP) is 1.61. The highest BCUT2D eigenvalue weighted by atomic mass is 19.2. The van der Waals surface area contributed by atoms with Crippen LogP contribution in [-0.2, 0) is 0 Å². The van der Waals surface area contributed by atoms with E-state index < -0.39 is 17.5 Å². The van der Waals surface area contributed by atoms with Gasteiger partial charge in [0.2, 0.25) is 5.91 Å². The number of halogens is 2. The quantitative estimate of drug-likeness (QED) is 0.774. The highest BCUT2D eigenvalue weighted by Crippen LogP contribution is 2.17. The van der Waals surface area contributed by atoms with Crippen molar-refractivity contribution < 1.29 is 13.6 Å². The normalized spacial score (nSPS) is 10.5. The Balaban J connectivity index is 2.72. The Morgan fingerprint density at radius 2 is 1.87 bits per heavy atom. The summed E-state index contributed by atoms with van der Waals surface area (Å²) >= 11 is 0. The maximum Gasteiger partial charge on any atom is 0.250 e. The molecule has 0 spiro atoms. The highest BCUT2D eigenvalue weighted by molar-refractivity contribution is 5.96. The van der Waals surface area contributed by atoms with E-state index in [1.54, 1.807) is 0 Å². The van der Waals surface area contributed by atoms with Gasteiger partial charge in [-0.05, 0) is 12.1 Å². The molecule has 3 nitrogen and oxygen atoms in total. The zero-order chi connectivity index (χ0) is 11.0. The summed E-state index contributed by atoms with van der Waals surface area (Å²) in [5.41, 5.74) is 5.46. The van der Waals surface area contributed by atoms with Gasteiger partial charge < -0.3 is 5.73 Å². The molecule has 1 heterocycles. The van der Waals surface area contributed by atoms with Crippen LogP contribution >= 0.6 is 0 Å². The lowest BCUT2D eigenvalue weighted by molar-refractivity contribution is 0.1000. The van der Waals surface area contributed by atoms with Crippen LogP contribution in [0.4, 0.5) is 8.78 Å². The lowest BCUT2D eigenvalue weighted by Gasteiger charge is -2.00. The van der Waals surface area contributed by atoms with E-state index in [0.717, 1.165) is 12.1 Å². The number of carbonyl (C=O) groups excluding carboxylic acids is 1. The Labute approximate surface area is 83.5 Å². The summed E-state index contributed by atoms with van der Waals surface area (Å²) in [5.74, 6) is -2.61. The molecule has 1 amide bonds. The number of amides is 1. The molecule has 0 atom stereocenters. The fourth-order valence-electron chi connectivity index (χ4n) is 1.26. The van der Waals surface area contributed by atoms with Gasteiger partial charge in [0.15, 0.2) is 11.6 Å². The summed E-state index contributed by atoms with van der Waals surface area (Å²) in [6.07, 6.45) is 1.22. The number of hydrogen-bond acceptors (Lipinski definition) is 2. The minimum Gasteiger partial charge on any atom is -0.366 e. The van der Waals surface area contributed by atoms with Crippen molar-refractivity contribution in [3.63, 3.8) is 0 Å². The van der Waals surface area contributed by atoms with Crippen LogP contribution in [0.5, 0.6) is 0 Å². The minimum atomic E-state index is -0.981. The van der Waals surface area contributed by atoms with Gasteiger partial charge in [-0.3, -0.25) is 9.78 Å². The number of nitrogens with two attached hydrogens (primary N) is 1. The molecule has 76 valence electrons. The zero-order valence-electron chi connectivity index (χ0n) is 7.50. The molecule has 0 bridgehead atoms. The van der Waals surface area contributed by atoms with Gasteiger partial charge in [0.05, 0.1) is 11.1 Å². The number of aromatic nitrogens is 1. The number of pyridine rings is 1. The van der Waals surface area contributed by atoms with Crippen molar-refractivity contribution in [2.75, 3.05) is 0 Å². The third kappa shape index (κ3) is 1.63. The van der Waals surface area contributed by atoms with E-state index in [4.69, 9.17) is 5.73 Å². The number of primary amides is 1. The molecular formula is C10H6F2N2O. The Bertz CT molecular complexity index is 554. The lowest BCUT2D eigenvalue weighted by Crippen LogP contribution is -2.11. The first-order valence-corrected chi connectivity index (χ1v) is 4.12. The number of benzene rings is 1. The number of hydrogen-bond donors (Lipinski definition) is 1. The Morgan fingerprint density at radius 1 is 1.20 bits per heavy atom. The van der Waals surface area contributed by atoms with E-state index in [1.165, 1.54) is 12.3 Å². The SMILES string of the molecule is NC(=O)c1cnc2cc(F)c(F)cc2c1. The molecular weight excluding hydrogens is 202 g/mol. The number of rotatable bonds is 1. The van der Waals surface area contributed by atoms with Crippen molar-refractivity contribution in [1.82, 2.24) is 4.98 Å². The molecule has 0 radical (unpaired) electrons. The molecule has 0 aliphatic rings. The van der Waals surface area contributed by atoms with Crippen LogP contribution in [0.1, 0.15) is 10.4 Å². The molecule has 0 unspecified atom stereocenters. The van der Waals surface area contributed by atoms with E-state index >= 15 is 0 Å². The molecule has 5 heteroatoms. The second-order valence-corrected chi connectivity index (χ2v) is 3.05. The molecule has 15 heavy (non-hydrogen) atoms. The fourth-order valence-corrected chi connectivity index (χ4v) is 1.26. The third-order valence-corrected chi connectivity index (χ3v) is 2.01. The first-order valence-electron chi connectivity index (χ1n) is 4.12. The van der Waals surface area contributed by atoms with E-state index in [-0.39, 0.29) is 11.1 Å². The Kier molecular flexibility index (Phi) is 2.07. The average molecular weight is 208 g/mol. The van der Waals surface area contributed by atoms with Crippen LogP contribution in [0.2, 0.25) is 0 Å². The second-order valence-electron chi connectivity index (χ2n) is 3.05. The smallest absolute Gasteiger partial charge is 0.250 e. The van der Waals surface area contributed by atoms with Crippen molar-refractivity contribution in [3.05, 3.63) is 41.6 Å². The number of fused-ring (bicyclic) bond motifs is 1. The third-order valence-electron chi connectivity index (χ3n) is 2.01. The average Bonchev–Trinajstić information content (AvgIpc) is 2.19. The van der Waals surface area contributed by atoms with Crippen molar-refractivity contribution in [1.29, 1.82) is 0 Å². The molecule has 2 N–H and O–H groups in total. The van der Waals surface area contributed by atoms with Crippen LogP contribution in [-0.4, -0.2) is 10.9 Å². The molecule has 1 aromatic carbocycles. The lowest BCUT2D eigenvalue weighted by atomic mass is 10.1. The van der Waals surface area contributed by atoms with Gasteiger partial charge in [0, 0.05) is 17.6 Å². The topological polar surface area (TPSA) is 56.0 Å². The predicted molar refractivity (Wildman–Crippen MR) is 50.2 cm³/mol. The monoisotopic (exact) mass is 208 g/mol. The molecule has 2 aromatic rings. The Hall–Kier alpha value is -2.04. The van der Waals surface area contributed by atoms with E-state index in [1.807, 2.05) is 0 Å². The summed E-state index contributed by atoms with van der Waals surface area (Å²) in [6.45, 7) is 0. The van der Waals surface area contributed by atoms with Gasteiger partial charge in [-0.25, -0.2) is 8.78 Å². The van der Waals surface area contributed by atoms with Gasteiger partial charge >= 0.3 is 0 Å². The summed E-state index contributed by atoms with van der Waals surface area (Å²) in [7, 11) is 0. The fraction of sp³-hybridized carbons (Fsp3) is 0. The maximum atomic E-state index is 12.9. The molecule has 0 saturated carbocycles. The summed E-state index contributed by atoms with van der Waals surface area (Å²) in [6, 6.07) is 3.31. The van der Waals surface area contributed by atoms with Gasteiger partial charge in [0.25, 0.3) is 0 Å². The zero-order valence-corrected chi connectivity index (χ0v) is 7.50. The standard InChI is InChI=1S/C10H6F2N2O/c11-7-2-5-1-6(10(13)15)4-14-9(5)3-8(7)12/h1-4H,(H2,13,15). The van der Waals surface area contributed by atoms with Crippen LogP contribution < -0.4 is 5.73 Å². The first-order chi connectivity index (χ1) is 7.08. The minimum absolute atomic E-state index is 0.161. The van der Waals surface area contributed by atoms with Crippen LogP contribution in [0, 0.1) is 11.6 Å². The molecule has 0 fully saturated rings. The molecule has 2 rings (SSSR count). The van der Waals surface area contributed by atoms with Gasteiger partial charge in [-0.2, -0.15) is 0 Å². The Morgan fingerprint density at radius 3 is 2.53 bits per heavy atom. The van der Waals surface area contributed by atoms with Gasteiger partial charge in [0.1, 0.15) is 0 Å². The molecule has 0 aliphatic heterocycles. The van der Waals surface area contributed by atoms with Crippen molar-refractivity contribution in [2.45, 2.75) is 0 Å². The summed E-state index contributed by atoms with van der Waals surface area (Å²) in [5, 5.41) is 0.338. The maximum absolute atomic E-state index is 12.9. The van der Waals surface area contributed by atoms with Gasteiger partial charge in [-0.1, -0.05) is 0 Å². The van der Waals surface area contributed by atoms with E-state index in [2.05, 4.69) is 4.98 Å². The van der Waals surface area contributed by atoms with Crippen molar-refractivity contribution in [3.8, 4) is 0 Å². The van der Waals surface area contributed by atoms with Crippen LogP contribution in [0.15, 0.2) is 24.4 Å². The highest BCUT2D eigenvalue weighted by Gasteiger charge is 2.07. The van der Waals surface area contributed by atoms with E-state index in [0.29, 0.717) is 5.39 Å². The molecule has 0 aliphatic carbocycles. The number of nitrogens with zero attached hydrogens (tertiary/aromatic N) is 1. The van der Waals surface area contributed by atoms with Crippen LogP contribution in [0.25, 0.3) is 10.9 Å². The largest absolute Gasteiger partial charge is 0.366 e.